The summed E-state index contributed by atoms with van der Waals surface area (Å²) in [7, 11) is -2.27. The van der Waals surface area contributed by atoms with Crippen LogP contribution in [0.4, 0.5) is 5.69 Å². The third-order valence-electron chi connectivity index (χ3n) is 4.61. The number of aryl methyl sites for hydroxylation is 1. The summed E-state index contributed by atoms with van der Waals surface area (Å²) < 4.78 is 36.5. The number of carbonyl (C=O) groups excluding carboxylic acids is 1. The Hall–Kier alpha value is -2.45. The summed E-state index contributed by atoms with van der Waals surface area (Å²) in [6.45, 7) is 4.14. The Kier molecular flexibility index (Phi) is 9.00. The molecule has 1 N–H and O–H groups in total. The topological polar surface area (TPSA) is 84.9 Å². The number of ether oxygens (including phenoxy) is 2. The van der Waals surface area contributed by atoms with Crippen LogP contribution >= 0.6 is 11.6 Å². The minimum atomic E-state index is -3.74. The number of rotatable bonds is 11. The summed E-state index contributed by atoms with van der Waals surface area (Å²) in [6.07, 6.45) is 3.14. The summed E-state index contributed by atoms with van der Waals surface area (Å²) in [5, 5.41) is 2.97. The number of hydrogen-bond donors (Lipinski definition) is 1. The largest absolute Gasteiger partial charge is 0.495 e. The Balaban J connectivity index is 1.98. The molecule has 0 unspecified atom stereocenters. The number of carbonyl (C=O) groups is 1. The number of nitrogens with zero attached hydrogens (tertiary/aromatic N) is 1. The Morgan fingerprint density at radius 3 is 2.42 bits per heavy atom. The highest BCUT2D eigenvalue weighted by atomic mass is 35.5. The highest BCUT2D eigenvalue weighted by molar-refractivity contribution is 7.92. The lowest BCUT2D eigenvalue weighted by molar-refractivity contribution is -0.121. The van der Waals surface area contributed by atoms with Gasteiger partial charge in [0.2, 0.25) is 15.9 Å². The van der Waals surface area contributed by atoms with E-state index in [0.717, 1.165) is 23.4 Å². The van der Waals surface area contributed by atoms with Crippen LogP contribution < -0.4 is 19.1 Å². The third kappa shape index (κ3) is 7.04. The average Bonchev–Trinajstić information content (AvgIpc) is 2.71. The summed E-state index contributed by atoms with van der Waals surface area (Å²) in [5.41, 5.74) is 1.52. The van der Waals surface area contributed by atoms with E-state index in [2.05, 4.69) is 12.2 Å². The van der Waals surface area contributed by atoms with Gasteiger partial charge in [-0.05, 0) is 49.2 Å². The highest BCUT2D eigenvalue weighted by Crippen LogP contribution is 2.31. The molecule has 31 heavy (non-hydrogen) atoms. The van der Waals surface area contributed by atoms with Gasteiger partial charge in [-0.25, -0.2) is 8.42 Å². The van der Waals surface area contributed by atoms with Crippen molar-refractivity contribution in [3.05, 3.63) is 53.1 Å². The van der Waals surface area contributed by atoms with Gasteiger partial charge < -0.3 is 14.8 Å². The van der Waals surface area contributed by atoms with Gasteiger partial charge in [0.25, 0.3) is 0 Å². The second-order valence-corrected chi connectivity index (χ2v) is 9.35. The minimum Gasteiger partial charge on any atom is -0.495 e. The molecule has 0 fully saturated rings. The summed E-state index contributed by atoms with van der Waals surface area (Å²) >= 11 is 6.13. The molecule has 0 spiro atoms. The van der Waals surface area contributed by atoms with Crippen molar-refractivity contribution in [3.8, 4) is 11.5 Å². The molecule has 0 radical (unpaired) electrons. The number of nitrogens with one attached hydrogen (secondary N) is 1. The van der Waals surface area contributed by atoms with Crippen molar-refractivity contribution in [2.45, 2.75) is 32.7 Å². The van der Waals surface area contributed by atoms with Crippen molar-refractivity contribution in [3.63, 3.8) is 0 Å². The number of sulfonamides is 1. The lowest BCUT2D eigenvalue weighted by Crippen LogP contribution is -2.48. The number of hydrogen-bond acceptors (Lipinski definition) is 5. The monoisotopic (exact) mass is 468 g/mol. The highest BCUT2D eigenvalue weighted by Gasteiger charge is 2.29. The molecule has 2 aromatic carbocycles. The van der Waals surface area contributed by atoms with Crippen LogP contribution in [0.15, 0.2) is 42.5 Å². The third-order valence-corrected chi connectivity index (χ3v) is 6.15. The van der Waals surface area contributed by atoms with Crippen LogP contribution in [0, 0.1) is 0 Å². The van der Waals surface area contributed by atoms with E-state index >= 15 is 0 Å². The Morgan fingerprint density at radius 1 is 1.19 bits per heavy atom. The molecule has 0 aliphatic carbocycles. The number of anilines is 1. The van der Waals surface area contributed by atoms with E-state index in [1.807, 2.05) is 24.3 Å². The average molecular weight is 469 g/mol. The van der Waals surface area contributed by atoms with Crippen molar-refractivity contribution in [1.82, 2.24) is 5.32 Å². The Labute approximate surface area is 189 Å². The van der Waals surface area contributed by atoms with E-state index in [-0.39, 0.29) is 23.9 Å². The first kappa shape index (κ1) is 24.8. The van der Waals surface area contributed by atoms with Crippen LogP contribution in [-0.2, 0) is 21.2 Å². The summed E-state index contributed by atoms with van der Waals surface area (Å²) in [6, 6.07) is 11.4. The molecular weight excluding hydrogens is 440 g/mol. The van der Waals surface area contributed by atoms with Crippen LogP contribution in [0.3, 0.4) is 0 Å². The van der Waals surface area contributed by atoms with E-state index in [9.17, 15) is 13.2 Å². The van der Waals surface area contributed by atoms with E-state index in [4.69, 9.17) is 21.1 Å². The van der Waals surface area contributed by atoms with Crippen LogP contribution in [0.25, 0.3) is 0 Å². The molecule has 1 amide bonds. The number of amides is 1. The van der Waals surface area contributed by atoms with Gasteiger partial charge in [-0.3, -0.25) is 9.10 Å². The lowest BCUT2D eigenvalue weighted by atomic mass is 10.1. The van der Waals surface area contributed by atoms with E-state index < -0.39 is 22.0 Å². The van der Waals surface area contributed by atoms with Crippen LogP contribution in [0.2, 0.25) is 5.02 Å². The van der Waals surface area contributed by atoms with Crippen LogP contribution in [0.5, 0.6) is 11.5 Å². The molecule has 9 heteroatoms. The van der Waals surface area contributed by atoms with E-state index in [1.165, 1.54) is 25.7 Å². The number of methoxy groups -OCH3 is 1. The fraction of sp³-hybridized carbons (Fsp3) is 0.409. The van der Waals surface area contributed by atoms with Crippen molar-refractivity contribution < 1.29 is 22.7 Å². The fourth-order valence-corrected chi connectivity index (χ4v) is 4.55. The predicted molar refractivity (Wildman–Crippen MR) is 124 cm³/mol. The molecule has 2 aromatic rings. The Bertz CT molecular complexity index is 980. The van der Waals surface area contributed by atoms with Gasteiger partial charge in [0, 0.05) is 0 Å². The first-order chi connectivity index (χ1) is 14.7. The maximum Gasteiger partial charge on any atom is 0.243 e. The van der Waals surface area contributed by atoms with Crippen molar-refractivity contribution in [2.24, 2.45) is 0 Å². The second-order valence-electron chi connectivity index (χ2n) is 7.09. The molecule has 170 valence electrons. The van der Waals surface area contributed by atoms with Gasteiger partial charge in [0.05, 0.1) is 30.6 Å². The van der Waals surface area contributed by atoms with E-state index in [1.54, 1.807) is 12.1 Å². The van der Waals surface area contributed by atoms with Crippen molar-refractivity contribution >= 4 is 33.2 Å². The zero-order valence-corrected chi connectivity index (χ0v) is 19.8. The molecule has 1 atom stereocenters. The van der Waals surface area contributed by atoms with Gasteiger partial charge in [-0.2, -0.15) is 0 Å². The minimum absolute atomic E-state index is 0.237. The first-order valence-electron chi connectivity index (χ1n) is 9.99. The van der Waals surface area contributed by atoms with Crippen LogP contribution in [-0.4, -0.2) is 46.9 Å². The van der Waals surface area contributed by atoms with Gasteiger partial charge >= 0.3 is 0 Å². The quantitative estimate of drug-likeness (QED) is 0.509. The van der Waals surface area contributed by atoms with Gasteiger partial charge in [-0.15, -0.1) is 0 Å². The van der Waals surface area contributed by atoms with Gasteiger partial charge in [0.15, 0.2) is 0 Å². The van der Waals surface area contributed by atoms with Crippen molar-refractivity contribution in [1.29, 1.82) is 0 Å². The predicted octanol–water partition coefficient (Wildman–Crippen LogP) is 3.65. The normalized spacial score (nSPS) is 12.2. The molecule has 0 saturated heterocycles. The van der Waals surface area contributed by atoms with Gasteiger partial charge in [0.1, 0.15) is 24.1 Å². The molecule has 0 aliphatic heterocycles. The molecule has 0 aliphatic rings. The number of halogens is 1. The first-order valence-corrected chi connectivity index (χ1v) is 12.2. The van der Waals surface area contributed by atoms with Crippen molar-refractivity contribution in [2.75, 3.05) is 30.8 Å². The zero-order chi connectivity index (χ0) is 23.0. The molecule has 0 heterocycles. The molecule has 0 saturated carbocycles. The fourth-order valence-electron chi connectivity index (χ4n) is 3.13. The summed E-state index contributed by atoms with van der Waals surface area (Å²) in [5.74, 6) is 0.683. The van der Waals surface area contributed by atoms with Crippen LogP contribution in [0.1, 0.15) is 25.8 Å². The molecule has 0 bridgehead atoms. The smallest absolute Gasteiger partial charge is 0.243 e. The summed E-state index contributed by atoms with van der Waals surface area (Å²) in [4.78, 5) is 12.6. The van der Waals surface area contributed by atoms with Gasteiger partial charge in [-0.1, -0.05) is 37.1 Å². The second kappa shape index (κ2) is 11.2. The van der Waals surface area contributed by atoms with E-state index in [0.29, 0.717) is 11.5 Å². The molecule has 0 aromatic heterocycles. The standard InChI is InChI=1S/C22H29ClN2O5S/c1-5-6-17-7-10-19(11-8-17)30-14-13-24-22(26)16(2)25(31(4,27)28)18-9-12-21(29-3)20(23)15-18/h7-12,15-16H,5-6,13-14H2,1-4H3,(H,24,26)/t16-/m1/s1. The Morgan fingerprint density at radius 2 is 1.87 bits per heavy atom. The lowest BCUT2D eigenvalue weighted by Gasteiger charge is -2.28. The maximum atomic E-state index is 12.6. The maximum absolute atomic E-state index is 12.6. The molecule has 2 rings (SSSR count). The number of benzene rings is 2. The SMILES string of the molecule is CCCc1ccc(OCCNC(=O)[C@@H](C)N(c2ccc(OC)c(Cl)c2)S(C)(=O)=O)cc1. The molecule has 7 nitrogen and oxygen atoms in total. The zero-order valence-electron chi connectivity index (χ0n) is 18.2. The molecular formula is C22H29ClN2O5S.